The maximum absolute atomic E-state index is 12.9. The van der Waals surface area contributed by atoms with E-state index < -0.39 is 5.82 Å². The van der Waals surface area contributed by atoms with Crippen LogP contribution in [0.4, 0.5) is 4.39 Å². The molecule has 0 bridgehead atoms. The smallest absolute Gasteiger partial charge is 0.132 e. The summed E-state index contributed by atoms with van der Waals surface area (Å²) >= 11 is 0. The number of allylic oxidation sites excluding steroid dienone is 1. The Hall–Kier alpha value is -1.82. The SMILES string of the molecule is N#C/C=C(\N)c1ccccc1F. The second kappa shape index (κ2) is 3.54. The van der Waals surface area contributed by atoms with Gasteiger partial charge in [-0.05, 0) is 12.1 Å². The van der Waals surface area contributed by atoms with Gasteiger partial charge in [0, 0.05) is 11.6 Å². The second-order valence-corrected chi connectivity index (χ2v) is 2.21. The Balaban J connectivity index is 3.13. The molecule has 0 aliphatic carbocycles. The van der Waals surface area contributed by atoms with Gasteiger partial charge in [0.1, 0.15) is 5.82 Å². The summed E-state index contributed by atoms with van der Waals surface area (Å²) in [6, 6.07) is 7.80. The van der Waals surface area contributed by atoms with Crippen molar-refractivity contribution < 1.29 is 4.39 Å². The fourth-order valence-electron chi connectivity index (χ4n) is 0.843. The van der Waals surface area contributed by atoms with E-state index in [0.29, 0.717) is 0 Å². The molecule has 0 amide bonds. The minimum atomic E-state index is -0.415. The van der Waals surface area contributed by atoms with Gasteiger partial charge in [0.05, 0.1) is 11.8 Å². The van der Waals surface area contributed by atoms with Gasteiger partial charge in [-0.2, -0.15) is 5.26 Å². The average molecular weight is 162 g/mol. The van der Waals surface area contributed by atoms with Crippen molar-refractivity contribution in [3.05, 3.63) is 41.7 Å². The zero-order valence-electron chi connectivity index (χ0n) is 6.29. The Labute approximate surface area is 69.7 Å². The molecule has 0 saturated carbocycles. The Morgan fingerprint density at radius 1 is 1.50 bits per heavy atom. The van der Waals surface area contributed by atoms with Gasteiger partial charge in [-0.3, -0.25) is 0 Å². The summed E-state index contributed by atoms with van der Waals surface area (Å²) in [5.41, 5.74) is 5.82. The number of nitrogens with two attached hydrogens (primary N) is 1. The highest BCUT2D eigenvalue weighted by Gasteiger charge is 2.01. The predicted molar refractivity (Wildman–Crippen MR) is 44.2 cm³/mol. The molecule has 2 nitrogen and oxygen atoms in total. The first kappa shape index (κ1) is 8.28. The van der Waals surface area contributed by atoms with Crippen molar-refractivity contribution >= 4 is 5.70 Å². The number of nitriles is 1. The number of halogens is 1. The van der Waals surface area contributed by atoms with E-state index in [0.717, 1.165) is 6.08 Å². The van der Waals surface area contributed by atoms with Gasteiger partial charge in [0.25, 0.3) is 0 Å². The lowest BCUT2D eigenvalue weighted by molar-refractivity contribution is 0.624. The van der Waals surface area contributed by atoms with Gasteiger partial charge in [0.2, 0.25) is 0 Å². The molecule has 1 rings (SSSR count). The molecule has 0 radical (unpaired) electrons. The van der Waals surface area contributed by atoms with Gasteiger partial charge in [-0.1, -0.05) is 12.1 Å². The van der Waals surface area contributed by atoms with Crippen molar-refractivity contribution in [3.63, 3.8) is 0 Å². The first-order chi connectivity index (χ1) is 5.75. The van der Waals surface area contributed by atoms with E-state index in [1.54, 1.807) is 18.2 Å². The zero-order chi connectivity index (χ0) is 8.97. The molecule has 0 aromatic heterocycles. The lowest BCUT2D eigenvalue weighted by Gasteiger charge is -1.99. The fraction of sp³-hybridized carbons (Fsp3) is 0. The lowest BCUT2D eigenvalue weighted by Crippen LogP contribution is -1.98. The molecule has 0 saturated heterocycles. The third-order valence-electron chi connectivity index (χ3n) is 1.40. The third kappa shape index (κ3) is 1.61. The minimum Gasteiger partial charge on any atom is -0.398 e. The molecular formula is C9H7FN2. The summed E-state index contributed by atoms with van der Waals surface area (Å²) in [6.45, 7) is 0. The number of benzene rings is 1. The van der Waals surface area contributed by atoms with E-state index in [-0.39, 0.29) is 11.3 Å². The van der Waals surface area contributed by atoms with E-state index in [4.69, 9.17) is 11.0 Å². The molecule has 0 aliphatic rings. The second-order valence-electron chi connectivity index (χ2n) is 2.21. The first-order valence-corrected chi connectivity index (χ1v) is 3.36. The summed E-state index contributed by atoms with van der Waals surface area (Å²) in [7, 11) is 0. The molecule has 12 heavy (non-hydrogen) atoms. The van der Waals surface area contributed by atoms with Crippen molar-refractivity contribution in [2.24, 2.45) is 5.73 Å². The normalized spacial score (nSPS) is 10.8. The molecule has 3 heteroatoms. The van der Waals surface area contributed by atoms with Crippen LogP contribution in [-0.4, -0.2) is 0 Å². The molecule has 0 atom stereocenters. The summed E-state index contributed by atoms with van der Waals surface area (Å²) in [6.07, 6.45) is 1.11. The van der Waals surface area contributed by atoms with Crippen molar-refractivity contribution in [1.82, 2.24) is 0 Å². The van der Waals surface area contributed by atoms with Gasteiger partial charge >= 0.3 is 0 Å². The van der Waals surface area contributed by atoms with Crippen LogP contribution < -0.4 is 5.73 Å². The topological polar surface area (TPSA) is 49.8 Å². The van der Waals surface area contributed by atoms with Crippen LogP contribution in [0.5, 0.6) is 0 Å². The van der Waals surface area contributed by atoms with Crippen molar-refractivity contribution in [2.75, 3.05) is 0 Å². The molecule has 1 aromatic rings. The van der Waals surface area contributed by atoms with Crippen LogP contribution >= 0.6 is 0 Å². The number of nitrogens with zero attached hydrogens (tertiary/aromatic N) is 1. The van der Waals surface area contributed by atoms with E-state index in [1.807, 2.05) is 0 Å². The van der Waals surface area contributed by atoms with Crippen LogP contribution in [0.25, 0.3) is 5.70 Å². The Morgan fingerprint density at radius 3 is 2.75 bits per heavy atom. The van der Waals surface area contributed by atoms with E-state index in [1.165, 1.54) is 12.1 Å². The summed E-state index contributed by atoms with van der Waals surface area (Å²) in [4.78, 5) is 0. The number of rotatable bonds is 1. The summed E-state index contributed by atoms with van der Waals surface area (Å²) in [5, 5.41) is 8.26. The van der Waals surface area contributed by atoms with Crippen LogP contribution in [0.2, 0.25) is 0 Å². The molecule has 60 valence electrons. The van der Waals surface area contributed by atoms with Crippen LogP contribution in [0.1, 0.15) is 5.56 Å². The maximum atomic E-state index is 12.9. The molecule has 0 aliphatic heterocycles. The maximum Gasteiger partial charge on any atom is 0.132 e. The first-order valence-electron chi connectivity index (χ1n) is 3.36. The standard InChI is InChI=1S/C9H7FN2/c10-8-4-2-1-3-7(8)9(12)5-6-11/h1-5H,12H2/b9-5-. The Morgan fingerprint density at radius 2 is 2.17 bits per heavy atom. The highest BCUT2D eigenvalue weighted by Crippen LogP contribution is 2.12. The third-order valence-corrected chi connectivity index (χ3v) is 1.40. The fourth-order valence-corrected chi connectivity index (χ4v) is 0.843. The minimum absolute atomic E-state index is 0.149. The van der Waals surface area contributed by atoms with Gasteiger partial charge < -0.3 is 5.73 Å². The molecule has 0 unspecified atom stereocenters. The van der Waals surface area contributed by atoms with Gasteiger partial charge in [-0.15, -0.1) is 0 Å². The average Bonchev–Trinajstić information content (AvgIpc) is 2.05. The molecule has 0 fully saturated rings. The van der Waals surface area contributed by atoms with E-state index in [2.05, 4.69) is 0 Å². The van der Waals surface area contributed by atoms with Gasteiger partial charge in [0.15, 0.2) is 0 Å². The molecule has 0 heterocycles. The van der Waals surface area contributed by atoms with Gasteiger partial charge in [-0.25, -0.2) is 4.39 Å². The van der Waals surface area contributed by atoms with Crippen LogP contribution in [0.3, 0.4) is 0 Å². The highest BCUT2D eigenvalue weighted by atomic mass is 19.1. The van der Waals surface area contributed by atoms with Crippen LogP contribution in [-0.2, 0) is 0 Å². The predicted octanol–water partition coefficient (Wildman–Crippen LogP) is 1.65. The van der Waals surface area contributed by atoms with Crippen LogP contribution in [0, 0.1) is 17.1 Å². The van der Waals surface area contributed by atoms with E-state index >= 15 is 0 Å². The Kier molecular flexibility index (Phi) is 2.44. The number of hydrogen-bond acceptors (Lipinski definition) is 2. The molecule has 1 aromatic carbocycles. The molecular weight excluding hydrogens is 155 g/mol. The van der Waals surface area contributed by atoms with E-state index in [9.17, 15) is 4.39 Å². The quantitative estimate of drug-likeness (QED) is 0.638. The Bertz CT molecular complexity index is 350. The lowest BCUT2D eigenvalue weighted by atomic mass is 10.1. The monoisotopic (exact) mass is 162 g/mol. The number of hydrogen-bond donors (Lipinski definition) is 1. The van der Waals surface area contributed by atoms with Crippen molar-refractivity contribution in [1.29, 1.82) is 5.26 Å². The van der Waals surface area contributed by atoms with Crippen molar-refractivity contribution in [2.45, 2.75) is 0 Å². The summed E-state index contributed by atoms with van der Waals surface area (Å²) < 4.78 is 12.9. The molecule has 2 N–H and O–H groups in total. The van der Waals surface area contributed by atoms with Crippen molar-refractivity contribution in [3.8, 4) is 6.07 Å². The largest absolute Gasteiger partial charge is 0.398 e. The summed E-state index contributed by atoms with van der Waals surface area (Å²) in [5.74, 6) is -0.415. The van der Waals surface area contributed by atoms with Crippen LogP contribution in [0.15, 0.2) is 30.3 Å². The zero-order valence-corrected chi connectivity index (χ0v) is 6.29. The molecule has 0 spiro atoms. The highest BCUT2D eigenvalue weighted by molar-refractivity contribution is 5.64.